The Morgan fingerprint density at radius 2 is 1.82 bits per heavy atom. The zero-order valence-corrected chi connectivity index (χ0v) is 15.8. The number of hydrogen-bond acceptors (Lipinski definition) is 6. The van der Waals surface area contributed by atoms with Crippen molar-refractivity contribution >= 4 is 11.9 Å². The lowest BCUT2D eigenvalue weighted by atomic mass is 9.95. The first-order chi connectivity index (χ1) is 13.5. The van der Waals surface area contributed by atoms with E-state index in [1.807, 2.05) is 32.0 Å². The Kier molecular flexibility index (Phi) is 6.03. The summed E-state index contributed by atoms with van der Waals surface area (Å²) in [7, 11) is 0. The minimum Gasteiger partial charge on any atom is -0.507 e. The van der Waals surface area contributed by atoms with Crippen LogP contribution in [-0.4, -0.2) is 36.8 Å². The Balaban J connectivity index is 1.63. The Hall–Kier alpha value is -3.22. The van der Waals surface area contributed by atoms with Crippen LogP contribution in [0.3, 0.4) is 0 Å². The lowest BCUT2D eigenvalue weighted by Gasteiger charge is -2.25. The van der Waals surface area contributed by atoms with Gasteiger partial charge in [-0.2, -0.15) is 0 Å². The predicted octanol–water partition coefficient (Wildman–Crippen LogP) is 2.83. The van der Waals surface area contributed by atoms with Gasteiger partial charge < -0.3 is 24.6 Å². The number of phenolic OH excluding ortho intramolecular Hbond substituents is 1. The fourth-order valence-corrected chi connectivity index (χ4v) is 2.96. The van der Waals surface area contributed by atoms with Crippen molar-refractivity contribution in [2.45, 2.75) is 19.9 Å². The van der Waals surface area contributed by atoms with E-state index in [1.165, 1.54) is 12.1 Å². The Morgan fingerprint density at radius 3 is 2.54 bits per heavy atom. The molecule has 1 aliphatic heterocycles. The smallest absolute Gasteiger partial charge is 0.342 e. The zero-order chi connectivity index (χ0) is 20.1. The number of aromatic hydroxyl groups is 1. The molecule has 1 heterocycles. The Morgan fingerprint density at radius 1 is 1.11 bits per heavy atom. The van der Waals surface area contributed by atoms with Crippen LogP contribution in [0.5, 0.6) is 17.2 Å². The summed E-state index contributed by atoms with van der Waals surface area (Å²) in [6, 6.07) is 11.3. The number of fused-ring (bicyclic) bond motifs is 1. The van der Waals surface area contributed by atoms with Gasteiger partial charge in [-0.15, -0.1) is 0 Å². The molecule has 7 heteroatoms. The largest absolute Gasteiger partial charge is 0.507 e. The number of phenols is 1. The van der Waals surface area contributed by atoms with Crippen molar-refractivity contribution in [2.24, 2.45) is 5.92 Å². The number of benzene rings is 2. The Labute approximate surface area is 163 Å². The second-order valence-corrected chi connectivity index (χ2v) is 6.79. The second-order valence-electron chi connectivity index (χ2n) is 6.79. The fourth-order valence-electron chi connectivity index (χ4n) is 2.96. The third kappa shape index (κ3) is 4.54. The van der Waals surface area contributed by atoms with E-state index in [2.05, 4.69) is 5.32 Å². The van der Waals surface area contributed by atoms with Crippen LogP contribution in [0, 0.1) is 5.92 Å². The van der Waals surface area contributed by atoms with Crippen LogP contribution in [0.2, 0.25) is 0 Å². The number of hydrogen-bond donors (Lipinski definition) is 2. The van der Waals surface area contributed by atoms with Gasteiger partial charge >= 0.3 is 5.97 Å². The number of esters is 1. The lowest BCUT2D eigenvalue weighted by Crippen LogP contribution is -2.35. The van der Waals surface area contributed by atoms with Crippen molar-refractivity contribution in [2.75, 3.05) is 19.8 Å². The topological polar surface area (TPSA) is 94.1 Å². The summed E-state index contributed by atoms with van der Waals surface area (Å²) in [4.78, 5) is 24.4. The molecule has 2 aromatic rings. The number of rotatable bonds is 6. The molecule has 0 spiro atoms. The lowest BCUT2D eigenvalue weighted by molar-refractivity contribution is -0.125. The molecule has 0 saturated carbocycles. The average molecular weight is 385 g/mol. The molecule has 7 nitrogen and oxygen atoms in total. The normalized spacial score (nSPS) is 13.7. The molecule has 0 bridgehead atoms. The zero-order valence-electron chi connectivity index (χ0n) is 15.8. The van der Waals surface area contributed by atoms with Crippen LogP contribution in [0.15, 0.2) is 42.5 Å². The van der Waals surface area contributed by atoms with Gasteiger partial charge in [-0.3, -0.25) is 4.79 Å². The van der Waals surface area contributed by atoms with Gasteiger partial charge in [0.2, 0.25) is 0 Å². The number of para-hydroxylation sites is 1. The molecule has 0 aliphatic carbocycles. The van der Waals surface area contributed by atoms with Crippen molar-refractivity contribution in [1.29, 1.82) is 0 Å². The van der Waals surface area contributed by atoms with Crippen LogP contribution in [0.4, 0.5) is 0 Å². The molecular weight excluding hydrogens is 362 g/mol. The van der Waals surface area contributed by atoms with Crippen molar-refractivity contribution < 1.29 is 28.9 Å². The third-order valence-electron chi connectivity index (χ3n) is 4.37. The molecular formula is C21H23NO6. The summed E-state index contributed by atoms with van der Waals surface area (Å²) in [5.41, 5.74) is 0.891. The van der Waals surface area contributed by atoms with Gasteiger partial charge in [0, 0.05) is 0 Å². The van der Waals surface area contributed by atoms with Crippen LogP contribution in [-0.2, 0) is 9.53 Å². The number of carbonyl (C=O) groups is 2. The van der Waals surface area contributed by atoms with Crippen molar-refractivity contribution in [3.8, 4) is 17.2 Å². The van der Waals surface area contributed by atoms with E-state index in [0.717, 1.165) is 5.56 Å². The summed E-state index contributed by atoms with van der Waals surface area (Å²) < 4.78 is 16.2. The second kappa shape index (κ2) is 8.65. The van der Waals surface area contributed by atoms with Gasteiger partial charge in [0.15, 0.2) is 18.1 Å². The molecule has 148 valence electrons. The number of amides is 1. The van der Waals surface area contributed by atoms with E-state index in [4.69, 9.17) is 14.2 Å². The van der Waals surface area contributed by atoms with Crippen molar-refractivity contribution in [1.82, 2.24) is 5.32 Å². The van der Waals surface area contributed by atoms with Gasteiger partial charge in [0.1, 0.15) is 24.5 Å². The molecule has 1 amide bonds. The van der Waals surface area contributed by atoms with Crippen LogP contribution >= 0.6 is 0 Å². The highest BCUT2D eigenvalue weighted by Gasteiger charge is 2.22. The van der Waals surface area contributed by atoms with Crippen LogP contribution < -0.4 is 14.8 Å². The quantitative estimate of drug-likeness (QED) is 0.743. The number of carbonyl (C=O) groups excluding carboxylic acids is 2. The van der Waals surface area contributed by atoms with Gasteiger partial charge in [0.05, 0.1) is 6.04 Å². The highest BCUT2D eigenvalue weighted by Crippen LogP contribution is 2.34. The molecule has 0 fully saturated rings. The molecule has 0 saturated heterocycles. The van der Waals surface area contributed by atoms with E-state index >= 15 is 0 Å². The summed E-state index contributed by atoms with van der Waals surface area (Å²) in [6.45, 7) is 4.52. The molecule has 1 atom stereocenters. The van der Waals surface area contributed by atoms with E-state index in [-0.39, 0.29) is 23.3 Å². The summed E-state index contributed by atoms with van der Waals surface area (Å²) in [5, 5.41) is 12.6. The number of nitrogens with one attached hydrogen (secondary N) is 1. The van der Waals surface area contributed by atoms with Gasteiger partial charge in [-0.25, -0.2) is 4.79 Å². The third-order valence-corrected chi connectivity index (χ3v) is 4.37. The SMILES string of the molecule is CC(C)[C@@H](NC(=O)COC(=O)c1ccccc1O)c1ccc2c(c1)OCCO2. The molecule has 0 radical (unpaired) electrons. The Bertz CT molecular complexity index is 864. The van der Waals surface area contributed by atoms with Crippen molar-refractivity contribution in [3.05, 3.63) is 53.6 Å². The molecule has 28 heavy (non-hydrogen) atoms. The first-order valence-electron chi connectivity index (χ1n) is 9.09. The minimum atomic E-state index is -0.756. The van der Waals surface area contributed by atoms with Gasteiger partial charge in [-0.1, -0.05) is 32.0 Å². The highest BCUT2D eigenvalue weighted by atomic mass is 16.6. The van der Waals surface area contributed by atoms with Crippen LogP contribution in [0.25, 0.3) is 0 Å². The summed E-state index contributed by atoms with van der Waals surface area (Å²) in [6.07, 6.45) is 0. The van der Waals surface area contributed by atoms with E-state index in [9.17, 15) is 14.7 Å². The van der Waals surface area contributed by atoms with Gasteiger partial charge in [-0.05, 0) is 35.7 Å². The molecule has 2 aromatic carbocycles. The number of ether oxygens (including phenoxy) is 3. The molecule has 0 unspecified atom stereocenters. The minimum absolute atomic E-state index is 0.0162. The maximum atomic E-state index is 12.3. The molecule has 0 aromatic heterocycles. The first kappa shape index (κ1) is 19.5. The average Bonchev–Trinajstić information content (AvgIpc) is 2.70. The maximum absolute atomic E-state index is 12.3. The summed E-state index contributed by atoms with van der Waals surface area (Å²) >= 11 is 0. The van der Waals surface area contributed by atoms with E-state index in [1.54, 1.807) is 12.1 Å². The van der Waals surface area contributed by atoms with E-state index in [0.29, 0.717) is 24.7 Å². The van der Waals surface area contributed by atoms with Crippen molar-refractivity contribution in [3.63, 3.8) is 0 Å². The molecule has 2 N–H and O–H groups in total. The highest BCUT2D eigenvalue weighted by molar-refractivity contribution is 5.93. The monoisotopic (exact) mass is 385 g/mol. The van der Waals surface area contributed by atoms with Gasteiger partial charge in [0.25, 0.3) is 5.91 Å². The summed E-state index contributed by atoms with van der Waals surface area (Å²) in [5.74, 6) is 0.0470. The maximum Gasteiger partial charge on any atom is 0.342 e. The predicted molar refractivity (Wildman–Crippen MR) is 102 cm³/mol. The van der Waals surface area contributed by atoms with E-state index < -0.39 is 18.5 Å². The molecule has 1 aliphatic rings. The first-order valence-corrected chi connectivity index (χ1v) is 9.09. The standard InChI is InChI=1S/C21H23NO6/c1-13(2)20(14-7-8-17-18(11-14)27-10-9-26-17)22-19(24)12-28-21(25)15-5-3-4-6-16(15)23/h3-8,11,13,20,23H,9-10,12H2,1-2H3,(H,22,24)/t20-/m1/s1. The molecule has 3 rings (SSSR count). The fraction of sp³-hybridized carbons (Fsp3) is 0.333. The van der Waals surface area contributed by atoms with Crippen LogP contribution in [0.1, 0.15) is 35.8 Å².